The van der Waals surface area contributed by atoms with Crippen molar-refractivity contribution >= 4 is 23.2 Å². The number of amides is 1. The molecular weight excluding hydrogens is 262 g/mol. The molecule has 19 heavy (non-hydrogen) atoms. The molecule has 1 unspecified atom stereocenters. The number of anilines is 1. The second-order valence-electron chi connectivity index (χ2n) is 4.94. The van der Waals surface area contributed by atoms with Crippen LogP contribution < -0.4 is 5.73 Å². The molecule has 4 nitrogen and oxygen atoms in total. The first-order valence-corrected chi connectivity index (χ1v) is 6.75. The van der Waals surface area contributed by atoms with E-state index in [9.17, 15) is 4.79 Å². The number of halogens is 1. The standard InChI is InChI=1S/C14H22ClN3O/c1-5-18(10(2)9-17(3)4)14(19)12-7-6-11(16)8-13(12)15/h6-8,10H,5,9,16H2,1-4H3. The van der Waals surface area contributed by atoms with E-state index in [0.29, 0.717) is 22.8 Å². The fourth-order valence-corrected chi connectivity index (χ4v) is 2.41. The molecule has 1 aromatic rings. The summed E-state index contributed by atoms with van der Waals surface area (Å²) in [6.45, 7) is 5.46. The van der Waals surface area contributed by atoms with E-state index in [-0.39, 0.29) is 11.9 Å². The van der Waals surface area contributed by atoms with E-state index in [4.69, 9.17) is 17.3 Å². The van der Waals surface area contributed by atoms with Crippen molar-refractivity contribution in [3.8, 4) is 0 Å². The lowest BCUT2D eigenvalue weighted by atomic mass is 10.1. The van der Waals surface area contributed by atoms with Gasteiger partial charge in [0.15, 0.2) is 0 Å². The van der Waals surface area contributed by atoms with Gasteiger partial charge in [0.1, 0.15) is 0 Å². The van der Waals surface area contributed by atoms with E-state index < -0.39 is 0 Å². The highest BCUT2D eigenvalue weighted by Gasteiger charge is 2.22. The summed E-state index contributed by atoms with van der Waals surface area (Å²) in [7, 11) is 3.98. The van der Waals surface area contributed by atoms with Crippen LogP contribution in [0.2, 0.25) is 5.02 Å². The van der Waals surface area contributed by atoms with Crippen molar-refractivity contribution in [2.45, 2.75) is 19.9 Å². The maximum atomic E-state index is 12.5. The lowest BCUT2D eigenvalue weighted by molar-refractivity contribution is 0.0679. The van der Waals surface area contributed by atoms with E-state index in [1.54, 1.807) is 18.2 Å². The fourth-order valence-electron chi connectivity index (χ4n) is 2.14. The molecule has 0 saturated carbocycles. The summed E-state index contributed by atoms with van der Waals surface area (Å²) in [5.41, 5.74) is 6.71. The maximum Gasteiger partial charge on any atom is 0.255 e. The number of hydrogen-bond acceptors (Lipinski definition) is 3. The average molecular weight is 284 g/mol. The molecule has 0 aromatic heterocycles. The van der Waals surface area contributed by atoms with Crippen LogP contribution in [0.15, 0.2) is 18.2 Å². The van der Waals surface area contributed by atoms with Crippen molar-refractivity contribution < 1.29 is 4.79 Å². The number of likely N-dealkylation sites (N-methyl/N-ethyl adjacent to an activating group) is 2. The molecule has 1 rings (SSSR count). The van der Waals surface area contributed by atoms with Gasteiger partial charge in [-0.15, -0.1) is 0 Å². The van der Waals surface area contributed by atoms with Crippen LogP contribution >= 0.6 is 11.6 Å². The smallest absolute Gasteiger partial charge is 0.255 e. The Balaban J connectivity index is 2.95. The van der Waals surface area contributed by atoms with Crippen molar-refractivity contribution in [3.05, 3.63) is 28.8 Å². The minimum Gasteiger partial charge on any atom is -0.399 e. The van der Waals surface area contributed by atoms with Crippen molar-refractivity contribution in [2.75, 3.05) is 32.9 Å². The second-order valence-corrected chi connectivity index (χ2v) is 5.35. The van der Waals surface area contributed by atoms with Crippen LogP contribution in [-0.2, 0) is 0 Å². The van der Waals surface area contributed by atoms with E-state index in [1.165, 1.54) is 0 Å². The lowest BCUT2D eigenvalue weighted by Crippen LogP contribution is -2.43. The molecule has 0 aliphatic carbocycles. The third kappa shape index (κ3) is 4.11. The number of nitrogens with zero attached hydrogens (tertiary/aromatic N) is 2. The van der Waals surface area contributed by atoms with Crippen LogP contribution in [0.5, 0.6) is 0 Å². The molecule has 0 heterocycles. The molecule has 0 radical (unpaired) electrons. The zero-order valence-corrected chi connectivity index (χ0v) is 12.7. The number of benzene rings is 1. The summed E-state index contributed by atoms with van der Waals surface area (Å²) in [5, 5.41) is 0.403. The summed E-state index contributed by atoms with van der Waals surface area (Å²) in [4.78, 5) is 16.4. The van der Waals surface area contributed by atoms with Gasteiger partial charge in [0, 0.05) is 24.8 Å². The highest BCUT2D eigenvalue weighted by molar-refractivity contribution is 6.34. The molecular formula is C14H22ClN3O. The maximum absolute atomic E-state index is 12.5. The zero-order valence-electron chi connectivity index (χ0n) is 12.0. The topological polar surface area (TPSA) is 49.6 Å². The van der Waals surface area contributed by atoms with Gasteiger partial charge in [0.25, 0.3) is 5.91 Å². The average Bonchev–Trinajstić information content (AvgIpc) is 2.28. The first-order chi connectivity index (χ1) is 8.86. The fraction of sp³-hybridized carbons (Fsp3) is 0.500. The number of nitrogens with two attached hydrogens (primary N) is 1. The Bertz CT molecular complexity index is 448. The van der Waals surface area contributed by atoms with Gasteiger partial charge in [-0.25, -0.2) is 0 Å². The molecule has 5 heteroatoms. The Morgan fingerprint density at radius 2 is 2.05 bits per heavy atom. The number of hydrogen-bond donors (Lipinski definition) is 1. The lowest BCUT2D eigenvalue weighted by Gasteiger charge is -2.30. The predicted octanol–water partition coefficient (Wildman–Crippen LogP) is 2.33. The zero-order chi connectivity index (χ0) is 14.6. The molecule has 0 bridgehead atoms. The summed E-state index contributed by atoms with van der Waals surface area (Å²) < 4.78 is 0. The minimum atomic E-state index is -0.0538. The number of carbonyl (C=O) groups excluding carboxylic acids is 1. The Morgan fingerprint density at radius 3 is 2.53 bits per heavy atom. The van der Waals surface area contributed by atoms with Crippen LogP contribution in [0.4, 0.5) is 5.69 Å². The molecule has 1 aromatic carbocycles. The number of carbonyl (C=O) groups is 1. The molecule has 0 spiro atoms. The summed E-state index contributed by atoms with van der Waals surface area (Å²) in [6.07, 6.45) is 0. The van der Waals surface area contributed by atoms with E-state index in [1.807, 2.05) is 32.8 Å². The molecule has 0 saturated heterocycles. The Labute approximate surface area is 120 Å². The largest absolute Gasteiger partial charge is 0.399 e. The summed E-state index contributed by atoms with van der Waals surface area (Å²) >= 11 is 6.10. The first-order valence-electron chi connectivity index (χ1n) is 6.37. The van der Waals surface area contributed by atoms with Crippen molar-refractivity contribution in [2.24, 2.45) is 0 Å². The van der Waals surface area contributed by atoms with Crippen LogP contribution in [0.1, 0.15) is 24.2 Å². The van der Waals surface area contributed by atoms with E-state index >= 15 is 0 Å². The molecule has 106 valence electrons. The summed E-state index contributed by atoms with van der Waals surface area (Å²) in [5.74, 6) is -0.0538. The minimum absolute atomic E-state index is 0.0538. The van der Waals surface area contributed by atoms with Crippen molar-refractivity contribution in [1.29, 1.82) is 0 Å². The van der Waals surface area contributed by atoms with Crippen LogP contribution in [0.3, 0.4) is 0 Å². The van der Waals surface area contributed by atoms with Gasteiger partial charge in [-0.3, -0.25) is 4.79 Å². The van der Waals surface area contributed by atoms with Gasteiger partial charge in [-0.05, 0) is 46.1 Å². The number of rotatable bonds is 5. The molecule has 0 aliphatic heterocycles. The first kappa shape index (κ1) is 15.8. The highest BCUT2D eigenvalue weighted by Crippen LogP contribution is 2.21. The predicted molar refractivity (Wildman–Crippen MR) is 80.6 cm³/mol. The summed E-state index contributed by atoms with van der Waals surface area (Å²) in [6, 6.07) is 5.12. The normalized spacial score (nSPS) is 12.5. The van der Waals surface area contributed by atoms with Crippen LogP contribution in [-0.4, -0.2) is 48.9 Å². The van der Waals surface area contributed by atoms with Crippen molar-refractivity contribution in [1.82, 2.24) is 9.80 Å². The van der Waals surface area contributed by atoms with Gasteiger partial charge in [0.05, 0.1) is 10.6 Å². The van der Waals surface area contributed by atoms with Gasteiger partial charge in [-0.2, -0.15) is 0 Å². The molecule has 0 aliphatic rings. The second kappa shape index (κ2) is 6.78. The van der Waals surface area contributed by atoms with Crippen LogP contribution in [0, 0.1) is 0 Å². The van der Waals surface area contributed by atoms with Gasteiger partial charge in [0.2, 0.25) is 0 Å². The van der Waals surface area contributed by atoms with Gasteiger partial charge in [-0.1, -0.05) is 11.6 Å². The van der Waals surface area contributed by atoms with Gasteiger partial charge >= 0.3 is 0 Å². The van der Waals surface area contributed by atoms with E-state index in [2.05, 4.69) is 4.90 Å². The Morgan fingerprint density at radius 1 is 1.42 bits per heavy atom. The quantitative estimate of drug-likeness (QED) is 0.844. The molecule has 1 amide bonds. The molecule has 1 atom stereocenters. The van der Waals surface area contributed by atoms with Crippen molar-refractivity contribution in [3.63, 3.8) is 0 Å². The molecule has 0 fully saturated rings. The highest BCUT2D eigenvalue weighted by atomic mass is 35.5. The monoisotopic (exact) mass is 283 g/mol. The third-order valence-electron chi connectivity index (χ3n) is 2.99. The SMILES string of the molecule is CCN(C(=O)c1ccc(N)cc1Cl)C(C)CN(C)C. The van der Waals surface area contributed by atoms with E-state index in [0.717, 1.165) is 6.54 Å². The Kier molecular flexibility index (Phi) is 5.63. The van der Waals surface area contributed by atoms with Gasteiger partial charge < -0.3 is 15.5 Å². The third-order valence-corrected chi connectivity index (χ3v) is 3.30. The Hall–Kier alpha value is -1.26. The molecule has 2 N–H and O–H groups in total. The van der Waals surface area contributed by atoms with Crippen LogP contribution in [0.25, 0.3) is 0 Å². The number of nitrogen functional groups attached to an aromatic ring is 1.